The van der Waals surface area contributed by atoms with Crippen LogP contribution in [0.25, 0.3) is 0 Å². The van der Waals surface area contributed by atoms with Gasteiger partial charge < -0.3 is 5.41 Å². The summed E-state index contributed by atoms with van der Waals surface area (Å²) in [6.07, 6.45) is 1.75. The summed E-state index contributed by atoms with van der Waals surface area (Å²) in [6.45, 7) is 1.52. The van der Waals surface area contributed by atoms with Gasteiger partial charge in [0.1, 0.15) is 0 Å². The maximum atomic E-state index is 10.4. The van der Waals surface area contributed by atoms with Gasteiger partial charge in [-0.15, -0.1) is 0 Å². The van der Waals surface area contributed by atoms with Crippen LogP contribution in [0.2, 0.25) is 0 Å². The van der Waals surface area contributed by atoms with Gasteiger partial charge in [0.2, 0.25) is 0 Å². The normalized spacial score (nSPS) is 8.12. The zero-order valence-corrected chi connectivity index (χ0v) is 6.31. The number of nitrogens with one attached hydrogen (secondary N) is 1. The summed E-state index contributed by atoms with van der Waals surface area (Å²) in [5, 5.41) is 7.41. The monoisotopic (exact) mass is 127 g/mol. The van der Waals surface area contributed by atoms with Crippen LogP contribution < -0.4 is 0 Å². The molecule has 0 aromatic carbocycles. The van der Waals surface area contributed by atoms with Crippen molar-refractivity contribution in [2.24, 2.45) is 0 Å². The van der Waals surface area contributed by atoms with Crippen molar-refractivity contribution in [2.45, 2.75) is 13.3 Å². The lowest BCUT2D eigenvalue weighted by Crippen LogP contribution is -2.09. The Morgan fingerprint density at radius 2 is 2.38 bits per heavy atom. The quantitative estimate of drug-likeness (QED) is 0.400. The zero-order chi connectivity index (χ0) is 6.57. The maximum Gasteiger partial charge on any atom is 0.150 e. The van der Waals surface area contributed by atoms with E-state index in [0.29, 0.717) is 6.42 Å². The largest absolute Gasteiger partial charge is 0.313 e. The highest BCUT2D eigenvalue weighted by Gasteiger charge is 1.94. The zero-order valence-electron chi connectivity index (χ0n) is 4.90. The maximum absolute atomic E-state index is 10.4. The molecular formula is C5H9NOSi. The molecule has 0 aliphatic carbocycles. The van der Waals surface area contributed by atoms with Crippen molar-refractivity contribution in [2.75, 3.05) is 0 Å². The van der Waals surface area contributed by atoms with Gasteiger partial charge in [0, 0.05) is 6.42 Å². The van der Waals surface area contributed by atoms with E-state index in [-0.39, 0.29) is 5.78 Å². The molecule has 0 atom stereocenters. The predicted molar refractivity (Wildman–Crippen MR) is 37.6 cm³/mol. The molecular weight excluding hydrogens is 118 g/mol. The van der Waals surface area contributed by atoms with Gasteiger partial charge in [-0.05, 0) is 28.2 Å². The lowest BCUT2D eigenvalue weighted by molar-refractivity contribution is -0.111. The van der Waals surface area contributed by atoms with Crippen LogP contribution in [0.4, 0.5) is 0 Å². The Bertz CT molecular complexity index is 130. The second-order valence-corrected chi connectivity index (χ2v) is 2.42. The van der Waals surface area contributed by atoms with Gasteiger partial charge in [0.05, 0.1) is 0 Å². The molecule has 8 heavy (non-hydrogen) atoms. The molecule has 0 amide bonds. The van der Waals surface area contributed by atoms with Crippen LogP contribution in [0.15, 0.2) is 0 Å². The summed E-state index contributed by atoms with van der Waals surface area (Å²) >= 11 is 0. The fourth-order valence-electron chi connectivity index (χ4n) is 0.267. The van der Waals surface area contributed by atoms with E-state index < -0.39 is 0 Å². The van der Waals surface area contributed by atoms with Crippen LogP contribution in [0.1, 0.15) is 13.3 Å². The first-order valence-corrected chi connectivity index (χ1v) is 3.07. The molecule has 0 fully saturated rings. The summed E-state index contributed by atoms with van der Waals surface area (Å²) in [5.41, 5.74) is 0. The van der Waals surface area contributed by atoms with Crippen LogP contribution in [0, 0.1) is 5.41 Å². The highest BCUT2D eigenvalue weighted by atomic mass is 28.1. The Hall–Kier alpha value is -0.573. The number of ketones is 1. The standard InChI is InChI=1S/C5H9NOSi/c1-4(7)5(8)2-3-6/h3,6H,2,8H2,1H3. The number of hydrogen-bond acceptors (Lipinski definition) is 2. The smallest absolute Gasteiger partial charge is 0.150 e. The number of carbonyl (C=O) groups is 1. The van der Waals surface area contributed by atoms with Crippen molar-refractivity contribution in [1.29, 1.82) is 5.41 Å². The molecule has 0 unspecified atom stereocenters. The topological polar surface area (TPSA) is 40.9 Å². The van der Waals surface area contributed by atoms with Crippen molar-refractivity contribution < 1.29 is 4.79 Å². The lowest BCUT2D eigenvalue weighted by atomic mass is 10.2. The van der Waals surface area contributed by atoms with E-state index in [0.717, 1.165) is 5.17 Å². The first-order valence-electron chi connectivity index (χ1n) is 2.36. The number of rotatable bonds is 3. The Balaban J connectivity index is 3.65. The average molecular weight is 127 g/mol. The molecule has 0 aromatic rings. The molecule has 0 radical (unpaired) electrons. The predicted octanol–water partition coefficient (Wildman–Crippen LogP) is -0.579. The second kappa shape index (κ2) is 3.43. The molecule has 0 rings (SSSR count). The van der Waals surface area contributed by atoms with Crippen LogP contribution in [0.5, 0.6) is 0 Å². The third-order valence-corrected chi connectivity index (χ3v) is 1.63. The average Bonchev–Trinajstić information content (AvgIpc) is 1.67. The molecule has 0 spiro atoms. The Morgan fingerprint density at radius 3 is 2.50 bits per heavy atom. The van der Waals surface area contributed by atoms with Gasteiger partial charge in [-0.2, -0.15) is 0 Å². The first kappa shape index (κ1) is 7.43. The molecule has 0 aromatic heterocycles. The van der Waals surface area contributed by atoms with E-state index in [2.05, 4.69) is 0 Å². The highest BCUT2D eigenvalue weighted by Crippen LogP contribution is 1.77. The van der Waals surface area contributed by atoms with Crippen molar-refractivity contribution >= 4 is 27.0 Å². The molecule has 0 heterocycles. The van der Waals surface area contributed by atoms with Gasteiger partial charge >= 0.3 is 0 Å². The van der Waals surface area contributed by atoms with Crippen LogP contribution in [0.3, 0.4) is 0 Å². The molecule has 1 N–H and O–H groups in total. The summed E-state index contributed by atoms with van der Waals surface area (Å²) in [4.78, 5) is 10.4. The van der Waals surface area contributed by atoms with Gasteiger partial charge in [0.25, 0.3) is 0 Å². The van der Waals surface area contributed by atoms with Gasteiger partial charge in [-0.3, -0.25) is 4.79 Å². The van der Waals surface area contributed by atoms with E-state index in [1.165, 1.54) is 13.1 Å². The van der Waals surface area contributed by atoms with Crippen molar-refractivity contribution in [1.82, 2.24) is 0 Å². The van der Waals surface area contributed by atoms with Gasteiger partial charge in [-0.25, -0.2) is 0 Å². The number of Topliss-reactive ketones (excluding diaryl/α,β-unsaturated/α-hetero) is 1. The summed E-state index contributed by atoms with van der Waals surface area (Å²) in [7, 11) is 1.55. The molecule has 0 aliphatic heterocycles. The molecule has 0 bridgehead atoms. The minimum atomic E-state index is 0.0897. The van der Waals surface area contributed by atoms with E-state index in [9.17, 15) is 4.79 Å². The Labute approximate surface area is 51.5 Å². The van der Waals surface area contributed by atoms with Crippen molar-refractivity contribution in [3.63, 3.8) is 0 Å². The lowest BCUT2D eigenvalue weighted by Gasteiger charge is -1.90. The Kier molecular flexibility index (Phi) is 3.19. The number of carbonyl (C=O) groups excluding carboxylic acids is 1. The Morgan fingerprint density at radius 1 is 1.88 bits per heavy atom. The van der Waals surface area contributed by atoms with Crippen molar-refractivity contribution in [3.05, 3.63) is 0 Å². The minimum Gasteiger partial charge on any atom is -0.313 e. The molecule has 0 aliphatic rings. The van der Waals surface area contributed by atoms with E-state index >= 15 is 0 Å². The van der Waals surface area contributed by atoms with Crippen LogP contribution in [-0.4, -0.2) is 27.0 Å². The minimum absolute atomic E-state index is 0.0897. The van der Waals surface area contributed by atoms with E-state index in [4.69, 9.17) is 5.41 Å². The molecule has 2 nitrogen and oxygen atoms in total. The third-order valence-electron chi connectivity index (χ3n) is 0.846. The van der Waals surface area contributed by atoms with Crippen molar-refractivity contribution in [3.8, 4) is 0 Å². The van der Waals surface area contributed by atoms with Crippen LogP contribution >= 0.6 is 0 Å². The summed E-state index contributed by atoms with van der Waals surface area (Å²) in [6, 6.07) is 0. The second-order valence-electron chi connectivity index (χ2n) is 1.57. The van der Waals surface area contributed by atoms with E-state index in [1.54, 1.807) is 9.85 Å². The number of hydrogen-bond donors (Lipinski definition) is 1. The van der Waals surface area contributed by atoms with Gasteiger partial charge in [-0.1, -0.05) is 0 Å². The molecule has 3 heteroatoms. The fraction of sp³-hybridized carbons (Fsp3) is 0.400. The fourth-order valence-corrected chi connectivity index (χ4v) is 0.411. The van der Waals surface area contributed by atoms with E-state index in [1.807, 2.05) is 0 Å². The summed E-state index contributed by atoms with van der Waals surface area (Å²) < 4.78 is 0. The van der Waals surface area contributed by atoms with Gasteiger partial charge in [0.15, 0.2) is 5.78 Å². The SMILES string of the molecule is CC(=O)C(=[SiH2])CC=N. The molecule has 0 saturated heterocycles. The highest BCUT2D eigenvalue weighted by molar-refractivity contribution is 6.63. The summed E-state index contributed by atoms with van der Waals surface area (Å²) in [5.74, 6) is 0.0897. The first-order chi connectivity index (χ1) is 3.68. The third kappa shape index (κ3) is 2.57. The molecule has 44 valence electrons. The molecule has 0 saturated carbocycles. The van der Waals surface area contributed by atoms with Crippen LogP contribution in [-0.2, 0) is 4.79 Å².